The van der Waals surface area contributed by atoms with Crippen molar-refractivity contribution < 1.29 is 14.3 Å². The lowest BCUT2D eigenvalue weighted by Gasteiger charge is -2.25. The van der Waals surface area contributed by atoms with Crippen LogP contribution in [0.2, 0.25) is 0 Å². The number of carbonyl (C=O) groups is 1. The summed E-state index contributed by atoms with van der Waals surface area (Å²) in [5, 5.41) is 8.04. The Labute approximate surface area is 164 Å². The fraction of sp³-hybridized carbons (Fsp3) is 0.333. The van der Waals surface area contributed by atoms with Gasteiger partial charge < -0.3 is 19.7 Å². The van der Waals surface area contributed by atoms with E-state index in [9.17, 15) is 9.59 Å². The van der Waals surface area contributed by atoms with E-state index in [1.807, 2.05) is 24.3 Å². The van der Waals surface area contributed by atoms with E-state index in [4.69, 9.17) is 9.47 Å². The number of fused-ring (bicyclic) bond motifs is 1. The van der Waals surface area contributed by atoms with Crippen LogP contribution in [0.25, 0.3) is 4.96 Å². The molecule has 1 fully saturated rings. The number of amides is 1. The Morgan fingerprint density at radius 2 is 2.11 bits per heavy atom. The fourth-order valence-electron chi connectivity index (χ4n) is 2.96. The summed E-state index contributed by atoms with van der Waals surface area (Å²) in [4.78, 5) is 31.2. The Kier molecular flexibility index (Phi) is 5.22. The summed E-state index contributed by atoms with van der Waals surface area (Å²) in [7, 11) is 1.58. The topological polar surface area (TPSA) is 98.1 Å². The molecule has 146 valence electrons. The molecule has 1 N–H and O–H groups in total. The minimum Gasteiger partial charge on any atom is -0.496 e. The van der Waals surface area contributed by atoms with Gasteiger partial charge in [-0.2, -0.15) is 9.50 Å². The van der Waals surface area contributed by atoms with E-state index in [1.165, 1.54) is 21.9 Å². The summed E-state index contributed by atoms with van der Waals surface area (Å²) in [6, 6.07) is 8.62. The molecule has 1 amide bonds. The lowest BCUT2D eigenvalue weighted by Crippen LogP contribution is -2.36. The standard InChI is InChI=1S/C18H19N5O4S/c1-26-14-5-3-2-4-12(14)11-19-16(25)13-10-15(24)20-17-23(13)21-18(28-17)22-6-8-27-9-7-22/h2-5,10H,6-9,11H2,1H3,(H,19,25). The third kappa shape index (κ3) is 3.69. The Balaban J connectivity index is 1.60. The van der Waals surface area contributed by atoms with Gasteiger partial charge in [-0.25, -0.2) is 0 Å². The van der Waals surface area contributed by atoms with Crippen molar-refractivity contribution in [3.8, 4) is 5.75 Å². The molecule has 1 saturated heterocycles. The van der Waals surface area contributed by atoms with Gasteiger partial charge in [0.1, 0.15) is 11.4 Å². The maximum atomic E-state index is 12.8. The largest absolute Gasteiger partial charge is 0.496 e. The number of methoxy groups -OCH3 is 1. The second-order valence-electron chi connectivity index (χ2n) is 6.15. The number of hydrogen-bond acceptors (Lipinski definition) is 8. The zero-order valence-electron chi connectivity index (χ0n) is 15.3. The number of hydrogen-bond donors (Lipinski definition) is 1. The molecule has 3 aromatic rings. The lowest BCUT2D eigenvalue weighted by molar-refractivity contribution is 0.0943. The monoisotopic (exact) mass is 401 g/mol. The molecule has 9 nitrogen and oxygen atoms in total. The van der Waals surface area contributed by atoms with Crippen molar-refractivity contribution in [1.82, 2.24) is 19.9 Å². The van der Waals surface area contributed by atoms with Crippen molar-refractivity contribution in [2.75, 3.05) is 38.3 Å². The fourth-order valence-corrected chi connectivity index (χ4v) is 3.92. The van der Waals surface area contributed by atoms with Crippen LogP contribution in [0.15, 0.2) is 35.1 Å². The molecule has 10 heteroatoms. The molecule has 28 heavy (non-hydrogen) atoms. The highest BCUT2D eigenvalue weighted by atomic mass is 32.1. The molecule has 3 heterocycles. The molecular formula is C18H19N5O4S. The number of anilines is 1. The predicted octanol–water partition coefficient (Wildman–Crippen LogP) is 0.926. The van der Waals surface area contributed by atoms with E-state index in [2.05, 4.69) is 20.3 Å². The number of para-hydroxylation sites is 1. The van der Waals surface area contributed by atoms with Crippen molar-refractivity contribution in [3.63, 3.8) is 0 Å². The normalized spacial score (nSPS) is 14.2. The number of carbonyl (C=O) groups excluding carboxylic acids is 1. The van der Waals surface area contributed by atoms with Gasteiger partial charge in [0.25, 0.3) is 11.5 Å². The molecule has 4 rings (SSSR count). The second-order valence-corrected chi connectivity index (χ2v) is 7.09. The third-order valence-corrected chi connectivity index (χ3v) is 5.36. The van der Waals surface area contributed by atoms with Crippen molar-refractivity contribution in [2.45, 2.75) is 6.54 Å². The van der Waals surface area contributed by atoms with Crippen molar-refractivity contribution in [1.29, 1.82) is 0 Å². The highest BCUT2D eigenvalue weighted by Crippen LogP contribution is 2.23. The summed E-state index contributed by atoms with van der Waals surface area (Å²) in [5.41, 5.74) is 0.517. The Morgan fingerprint density at radius 1 is 1.32 bits per heavy atom. The van der Waals surface area contributed by atoms with Crippen LogP contribution >= 0.6 is 11.3 Å². The van der Waals surface area contributed by atoms with Crippen LogP contribution in [0, 0.1) is 0 Å². The minimum absolute atomic E-state index is 0.153. The van der Waals surface area contributed by atoms with Gasteiger partial charge in [0.2, 0.25) is 10.1 Å². The van der Waals surface area contributed by atoms with Gasteiger partial charge in [-0.05, 0) is 6.07 Å². The first-order valence-corrected chi connectivity index (χ1v) is 9.61. The maximum Gasteiger partial charge on any atom is 0.274 e. The van der Waals surface area contributed by atoms with E-state index in [0.717, 1.165) is 5.56 Å². The van der Waals surface area contributed by atoms with Gasteiger partial charge in [-0.3, -0.25) is 9.59 Å². The Morgan fingerprint density at radius 3 is 2.89 bits per heavy atom. The minimum atomic E-state index is -0.473. The predicted molar refractivity (Wildman–Crippen MR) is 104 cm³/mol. The molecule has 0 unspecified atom stereocenters. The number of benzene rings is 1. The number of nitrogens with one attached hydrogen (secondary N) is 1. The quantitative estimate of drug-likeness (QED) is 0.679. The SMILES string of the molecule is COc1ccccc1CNC(=O)c1cc(=O)nc2sc(N3CCOCC3)nn12. The third-order valence-electron chi connectivity index (χ3n) is 4.39. The van der Waals surface area contributed by atoms with Crippen LogP contribution in [0.4, 0.5) is 5.13 Å². The zero-order chi connectivity index (χ0) is 19.5. The molecule has 1 aromatic carbocycles. The number of rotatable bonds is 5. The lowest BCUT2D eigenvalue weighted by atomic mass is 10.2. The highest BCUT2D eigenvalue weighted by molar-refractivity contribution is 7.20. The molecule has 0 saturated carbocycles. The van der Waals surface area contributed by atoms with Crippen LogP contribution in [0.3, 0.4) is 0 Å². The molecule has 1 aliphatic heterocycles. The number of nitrogens with zero attached hydrogens (tertiary/aromatic N) is 4. The van der Waals surface area contributed by atoms with Crippen LogP contribution < -0.4 is 20.5 Å². The number of morpholine rings is 1. The van der Waals surface area contributed by atoms with Gasteiger partial charge in [0.15, 0.2) is 0 Å². The van der Waals surface area contributed by atoms with E-state index in [1.54, 1.807) is 7.11 Å². The molecule has 0 bridgehead atoms. The van der Waals surface area contributed by atoms with Crippen molar-refractivity contribution >= 4 is 27.3 Å². The molecule has 0 atom stereocenters. The van der Waals surface area contributed by atoms with Crippen LogP contribution in [-0.4, -0.2) is 53.9 Å². The van der Waals surface area contributed by atoms with E-state index in [0.29, 0.717) is 42.1 Å². The van der Waals surface area contributed by atoms with Crippen molar-refractivity contribution in [2.24, 2.45) is 0 Å². The van der Waals surface area contributed by atoms with Crippen LogP contribution in [0.5, 0.6) is 5.75 Å². The second kappa shape index (κ2) is 7.95. The first-order chi connectivity index (χ1) is 13.7. The summed E-state index contributed by atoms with van der Waals surface area (Å²) in [6.45, 7) is 2.92. The molecule has 0 radical (unpaired) electrons. The Bertz CT molecular complexity index is 1060. The van der Waals surface area contributed by atoms with Gasteiger partial charge in [0.05, 0.1) is 20.3 Å². The highest BCUT2D eigenvalue weighted by Gasteiger charge is 2.20. The smallest absolute Gasteiger partial charge is 0.274 e. The molecule has 0 aliphatic carbocycles. The number of aromatic nitrogens is 3. The molecular weight excluding hydrogens is 382 g/mol. The molecule has 2 aromatic heterocycles. The van der Waals surface area contributed by atoms with E-state index < -0.39 is 11.5 Å². The van der Waals surface area contributed by atoms with E-state index >= 15 is 0 Å². The average molecular weight is 401 g/mol. The van der Waals surface area contributed by atoms with Gasteiger partial charge in [0, 0.05) is 31.3 Å². The summed E-state index contributed by atoms with van der Waals surface area (Å²) in [5.74, 6) is 0.280. The van der Waals surface area contributed by atoms with E-state index in [-0.39, 0.29) is 12.2 Å². The summed E-state index contributed by atoms with van der Waals surface area (Å²) < 4.78 is 12.1. The Hall–Kier alpha value is -2.98. The maximum absolute atomic E-state index is 12.8. The first-order valence-electron chi connectivity index (χ1n) is 8.79. The summed E-state index contributed by atoms with van der Waals surface area (Å²) in [6.07, 6.45) is 0. The van der Waals surface area contributed by atoms with Gasteiger partial charge in [-0.15, -0.1) is 5.10 Å². The zero-order valence-corrected chi connectivity index (χ0v) is 16.1. The molecule has 1 aliphatic rings. The average Bonchev–Trinajstić information content (AvgIpc) is 3.16. The first kappa shape index (κ1) is 18.4. The van der Waals surface area contributed by atoms with Crippen LogP contribution in [0.1, 0.15) is 16.1 Å². The van der Waals surface area contributed by atoms with Crippen molar-refractivity contribution in [3.05, 3.63) is 51.9 Å². The van der Waals surface area contributed by atoms with Gasteiger partial charge in [-0.1, -0.05) is 29.5 Å². The van der Waals surface area contributed by atoms with Gasteiger partial charge >= 0.3 is 0 Å². The number of ether oxygens (including phenoxy) is 2. The molecule has 0 spiro atoms. The van der Waals surface area contributed by atoms with Crippen LogP contribution in [-0.2, 0) is 11.3 Å². The summed E-state index contributed by atoms with van der Waals surface area (Å²) >= 11 is 1.28.